The van der Waals surface area contributed by atoms with Crippen molar-refractivity contribution in [3.63, 3.8) is 0 Å². The van der Waals surface area contributed by atoms with Crippen molar-refractivity contribution in [3.8, 4) is 0 Å². The van der Waals surface area contributed by atoms with E-state index in [2.05, 4.69) is 5.32 Å². The monoisotopic (exact) mass is 635 g/mol. The van der Waals surface area contributed by atoms with Crippen molar-refractivity contribution in [1.29, 1.82) is 0 Å². The Hall–Kier alpha value is -4.21. The maximum atomic E-state index is 14.4. The van der Waals surface area contributed by atoms with Crippen molar-refractivity contribution in [3.05, 3.63) is 131 Å². The molecule has 0 saturated heterocycles. The molecule has 0 radical (unpaired) electrons. The molecule has 10 heteroatoms. The Balaban J connectivity index is 1.78. The number of carbonyl (C=O) groups is 2. The molecule has 0 aliphatic rings. The second-order valence-electron chi connectivity index (χ2n) is 10.8. The standard InChI is InChI=1S/C34H35ClFN3O4S/c1-25(2)22-37-34(41)32(21-26-10-5-3-6-11-26)38(23-27-12-9-13-28(35)20-27)33(40)24-39(30-14-7-4-8-15-30)44(42,43)31-18-16-29(36)17-19-31/h3-20,25,32H,21-24H2,1-2H3,(H,37,41)/t32-/m0/s1. The van der Waals surface area contributed by atoms with E-state index in [4.69, 9.17) is 11.6 Å². The summed E-state index contributed by atoms with van der Waals surface area (Å²) in [6.45, 7) is 3.75. The van der Waals surface area contributed by atoms with Crippen LogP contribution in [-0.2, 0) is 32.6 Å². The number of nitrogens with zero attached hydrogens (tertiary/aromatic N) is 2. The highest BCUT2D eigenvalue weighted by atomic mass is 35.5. The molecule has 4 rings (SSSR count). The summed E-state index contributed by atoms with van der Waals surface area (Å²) in [6.07, 6.45) is 0.202. The van der Waals surface area contributed by atoms with Crippen molar-refractivity contribution >= 4 is 39.1 Å². The summed E-state index contributed by atoms with van der Waals surface area (Å²) in [5.41, 5.74) is 1.75. The topological polar surface area (TPSA) is 86.8 Å². The zero-order valence-corrected chi connectivity index (χ0v) is 26.1. The number of sulfonamides is 1. The fourth-order valence-corrected chi connectivity index (χ4v) is 6.29. The molecule has 0 saturated carbocycles. The van der Waals surface area contributed by atoms with Gasteiger partial charge in [0.2, 0.25) is 11.8 Å². The molecule has 0 unspecified atom stereocenters. The first-order chi connectivity index (χ1) is 21.0. The average molecular weight is 636 g/mol. The smallest absolute Gasteiger partial charge is 0.264 e. The fourth-order valence-electron chi connectivity index (χ4n) is 4.67. The molecule has 0 bridgehead atoms. The minimum atomic E-state index is -4.31. The minimum absolute atomic E-state index is 0.00518. The predicted octanol–water partition coefficient (Wildman–Crippen LogP) is 6.09. The zero-order valence-electron chi connectivity index (χ0n) is 24.6. The molecule has 230 valence electrons. The van der Waals surface area contributed by atoms with Crippen LogP contribution in [0.15, 0.2) is 114 Å². The van der Waals surface area contributed by atoms with Gasteiger partial charge in [-0.3, -0.25) is 13.9 Å². The number of rotatable bonds is 13. The molecule has 4 aromatic carbocycles. The van der Waals surface area contributed by atoms with E-state index >= 15 is 0 Å². The van der Waals surface area contributed by atoms with Crippen LogP contribution in [0.25, 0.3) is 0 Å². The lowest BCUT2D eigenvalue weighted by Crippen LogP contribution is -2.53. The number of para-hydroxylation sites is 1. The van der Waals surface area contributed by atoms with E-state index in [-0.39, 0.29) is 35.4 Å². The predicted molar refractivity (Wildman–Crippen MR) is 171 cm³/mol. The lowest BCUT2D eigenvalue weighted by molar-refractivity contribution is -0.140. The number of anilines is 1. The highest BCUT2D eigenvalue weighted by molar-refractivity contribution is 7.92. The molecule has 1 atom stereocenters. The van der Waals surface area contributed by atoms with Crippen molar-refractivity contribution in [2.24, 2.45) is 5.92 Å². The summed E-state index contributed by atoms with van der Waals surface area (Å²) in [7, 11) is -4.31. The quantitative estimate of drug-likeness (QED) is 0.193. The second kappa shape index (κ2) is 15.0. The normalized spacial score (nSPS) is 12.0. The molecule has 1 N–H and O–H groups in total. The largest absolute Gasteiger partial charge is 0.354 e. The van der Waals surface area contributed by atoms with Crippen molar-refractivity contribution in [2.75, 3.05) is 17.4 Å². The Bertz CT molecular complexity index is 1650. The molecule has 2 amide bonds. The molecule has 44 heavy (non-hydrogen) atoms. The first-order valence-corrected chi connectivity index (χ1v) is 16.1. The first kappa shape index (κ1) is 32.7. The van der Waals surface area contributed by atoms with Gasteiger partial charge in [0.05, 0.1) is 10.6 Å². The van der Waals surface area contributed by atoms with Gasteiger partial charge < -0.3 is 10.2 Å². The molecule has 0 fully saturated rings. The molecule has 0 aliphatic heterocycles. The molecule has 0 aromatic heterocycles. The van der Waals surface area contributed by atoms with Crippen LogP contribution in [0.3, 0.4) is 0 Å². The van der Waals surface area contributed by atoms with Crippen LogP contribution in [0.5, 0.6) is 0 Å². The lowest BCUT2D eigenvalue weighted by Gasteiger charge is -2.34. The third-order valence-corrected chi connectivity index (χ3v) is 8.95. The van der Waals surface area contributed by atoms with Crippen molar-refractivity contribution in [2.45, 2.75) is 37.8 Å². The van der Waals surface area contributed by atoms with Gasteiger partial charge in [0, 0.05) is 24.5 Å². The van der Waals surface area contributed by atoms with Gasteiger partial charge in [-0.05, 0) is 65.6 Å². The third-order valence-electron chi connectivity index (χ3n) is 6.92. The Morgan fingerprint density at radius 3 is 2.07 bits per heavy atom. The van der Waals surface area contributed by atoms with Crippen molar-refractivity contribution in [1.82, 2.24) is 10.2 Å². The van der Waals surface area contributed by atoms with Gasteiger partial charge >= 0.3 is 0 Å². The number of benzene rings is 4. The number of hydrogen-bond donors (Lipinski definition) is 1. The molecule has 0 spiro atoms. The number of hydrogen-bond acceptors (Lipinski definition) is 4. The van der Waals surface area contributed by atoms with E-state index in [0.29, 0.717) is 17.1 Å². The molecule has 0 aliphatic carbocycles. The summed E-state index contributed by atoms with van der Waals surface area (Å²) in [5.74, 6) is -1.37. The van der Waals surface area contributed by atoms with Crippen LogP contribution in [0, 0.1) is 11.7 Å². The van der Waals surface area contributed by atoms with E-state index in [9.17, 15) is 22.4 Å². The average Bonchev–Trinajstić information content (AvgIpc) is 3.01. The SMILES string of the molecule is CC(C)CNC(=O)[C@H](Cc1ccccc1)N(Cc1cccc(Cl)c1)C(=O)CN(c1ccccc1)S(=O)(=O)c1ccc(F)cc1. The highest BCUT2D eigenvalue weighted by Crippen LogP contribution is 2.25. The number of nitrogens with one attached hydrogen (secondary N) is 1. The van der Waals surface area contributed by atoms with Crippen LogP contribution in [-0.4, -0.2) is 44.3 Å². The lowest BCUT2D eigenvalue weighted by atomic mass is 10.0. The minimum Gasteiger partial charge on any atom is -0.354 e. The van der Waals surface area contributed by atoms with E-state index in [1.165, 1.54) is 4.90 Å². The van der Waals surface area contributed by atoms with Gasteiger partial charge in [-0.15, -0.1) is 0 Å². The van der Waals surface area contributed by atoms with Crippen LogP contribution >= 0.6 is 11.6 Å². The molecule has 7 nitrogen and oxygen atoms in total. The van der Waals surface area contributed by atoms with E-state index in [1.807, 2.05) is 44.2 Å². The molecule has 0 heterocycles. The van der Waals surface area contributed by atoms with Crippen LogP contribution in [0.2, 0.25) is 5.02 Å². The van der Waals surface area contributed by atoms with Crippen LogP contribution in [0.4, 0.5) is 10.1 Å². The number of carbonyl (C=O) groups excluding carboxylic acids is 2. The number of halogens is 2. The summed E-state index contributed by atoms with van der Waals surface area (Å²) in [6, 6.07) is 28.0. The van der Waals surface area contributed by atoms with Gasteiger partial charge in [0.25, 0.3) is 10.0 Å². The summed E-state index contributed by atoms with van der Waals surface area (Å²) in [5, 5.41) is 3.42. The highest BCUT2D eigenvalue weighted by Gasteiger charge is 2.34. The van der Waals surface area contributed by atoms with Crippen molar-refractivity contribution < 1.29 is 22.4 Å². The van der Waals surface area contributed by atoms with Gasteiger partial charge in [-0.1, -0.05) is 86.1 Å². The summed E-state index contributed by atoms with van der Waals surface area (Å²) < 4.78 is 42.5. The maximum absolute atomic E-state index is 14.4. The Kier molecular flexibility index (Phi) is 11.1. The van der Waals surface area contributed by atoms with E-state index in [0.717, 1.165) is 34.1 Å². The Morgan fingerprint density at radius 1 is 0.841 bits per heavy atom. The van der Waals surface area contributed by atoms with E-state index < -0.39 is 34.3 Å². The van der Waals surface area contributed by atoms with E-state index in [1.54, 1.807) is 54.6 Å². The molecular formula is C34H35ClFN3O4S. The fraction of sp³-hybridized carbons (Fsp3) is 0.235. The van der Waals surface area contributed by atoms with Gasteiger partial charge in [-0.2, -0.15) is 0 Å². The first-order valence-electron chi connectivity index (χ1n) is 14.2. The molecular weight excluding hydrogens is 601 g/mol. The molecule has 4 aromatic rings. The van der Waals surface area contributed by atoms with Crippen LogP contribution in [0.1, 0.15) is 25.0 Å². The van der Waals surface area contributed by atoms with Crippen LogP contribution < -0.4 is 9.62 Å². The maximum Gasteiger partial charge on any atom is 0.264 e. The van der Waals surface area contributed by atoms with Gasteiger partial charge in [-0.25, -0.2) is 12.8 Å². The summed E-state index contributed by atoms with van der Waals surface area (Å²) in [4.78, 5) is 29.4. The summed E-state index contributed by atoms with van der Waals surface area (Å²) >= 11 is 6.27. The van der Waals surface area contributed by atoms with Gasteiger partial charge in [0.15, 0.2) is 0 Å². The number of amides is 2. The Morgan fingerprint density at radius 2 is 1.45 bits per heavy atom. The van der Waals surface area contributed by atoms with Gasteiger partial charge in [0.1, 0.15) is 18.4 Å². The third kappa shape index (κ3) is 8.67. The zero-order chi connectivity index (χ0) is 31.7. The Labute approximate surface area is 263 Å². The second-order valence-corrected chi connectivity index (χ2v) is 13.1.